The van der Waals surface area contributed by atoms with E-state index in [9.17, 15) is 4.79 Å². The summed E-state index contributed by atoms with van der Waals surface area (Å²) >= 11 is 3.46. The molecule has 4 heteroatoms. The third kappa shape index (κ3) is 3.80. The van der Waals surface area contributed by atoms with E-state index in [0.717, 1.165) is 36.1 Å². The third-order valence-corrected chi connectivity index (χ3v) is 4.62. The molecule has 0 saturated carbocycles. The maximum atomic E-state index is 12.2. The number of halogens is 1. The molecule has 0 aromatic heterocycles. The van der Waals surface area contributed by atoms with Crippen LogP contribution in [0.25, 0.3) is 0 Å². The molecule has 19 heavy (non-hydrogen) atoms. The Hall–Kier alpha value is -0.870. The lowest BCUT2D eigenvalue weighted by atomic mass is 9.93. The molecule has 1 aliphatic heterocycles. The quantitative estimate of drug-likeness (QED) is 0.925. The zero-order valence-electron chi connectivity index (χ0n) is 11.4. The Morgan fingerprint density at radius 2 is 2.11 bits per heavy atom. The first-order valence-corrected chi connectivity index (χ1v) is 7.52. The Labute approximate surface area is 122 Å². The number of rotatable bonds is 3. The van der Waals surface area contributed by atoms with Crippen molar-refractivity contribution >= 4 is 21.8 Å². The molecule has 1 heterocycles. The second kappa shape index (κ2) is 6.53. The first-order chi connectivity index (χ1) is 9.08. The molecule has 1 amide bonds. The first-order valence-electron chi connectivity index (χ1n) is 6.72. The van der Waals surface area contributed by atoms with Crippen molar-refractivity contribution in [2.24, 2.45) is 5.92 Å². The van der Waals surface area contributed by atoms with E-state index in [1.54, 1.807) is 0 Å². The number of hydrogen-bond acceptors (Lipinski definition) is 2. The van der Waals surface area contributed by atoms with Crippen molar-refractivity contribution < 1.29 is 9.53 Å². The molecular formula is C15H20BrNO2. The topological polar surface area (TPSA) is 38.3 Å². The minimum atomic E-state index is -0.000285. The van der Waals surface area contributed by atoms with Crippen LogP contribution in [0.3, 0.4) is 0 Å². The van der Waals surface area contributed by atoms with E-state index in [1.807, 2.05) is 25.1 Å². The fourth-order valence-electron chi connectivity index (χ4n) is 2.36. The lowest BCUT2D eigenvalue weighted by Crippen LogP contribution is -2.40. The van der Waals surface area contributed by atoms with Crippen LogP contribution in [0.2, 0.25) is 0 Å². The van der Waals surface area contributed by atoms with Gasteiger partial charge in [-0.1, -0.05) is 22.0 Å². The molecule has 1 unspecified atom stereocenters. The lowest BCUT2D eigenvalue weighted by molar-refractivity contribution is 0.0538. The number of carbonyl (C=O) groups excluding carboxylic acids is 1. The number of carbonyl (C=O) groups is 1. The Bertz CT molecular complexity index is 455. The summed E-state index contributed by atoms with van der Waals surface area (Å²) in [6.07, 6.45) is 2.05. The predicted molar refractivity (Wildman–Crippen MR) is 79.4 cm³/mol. The number of hydrogen-bond donors (Lipinski definition) is 1. The highest BCUT2D eigenvalue weighted by Crippen LogP contribution is 2.20. The Balaban J connectivity index is 1.97. The highest BCUT2D eigenvalue weighted by atomic mass is 79.9. The number of nitrogens with one attached hydrogen (secondary N) is 1. The monoisotopic (exact) mass is 325 g/mol. The summed E-state index contributed by atoms with van der Waals surface area (Å²) in [6, 6.07) is 5.89. The molecule has 1 fully saturated rings. The lowest BCUT2D eigenvalue weighted by Gasteiger charge is -2.28. The zero-order chi connectivity index (χ0) is 13.8. The summed E-state index contributed by atoms with van der Waals surface area (Å²) in [7, 11) is 0. The molecule has 0 spiro atoms. The number of aryl methyl sites for hydroxylation is 1. The molecule has 2 rings (SSSR count). The molecule has 1 aromatic carbocycles. The van der Waals surface area contributed by atoms with E-state index in [0.29, 0.717) is 11.5 Å². The summed E-state index contributed by atoms with van der Waals surface area (Å²) in [5, 5.41) is 3.10. The van der Waals surface area contributed by atoms with Gasteiger partial charge >= 0.3 is 0 Å². The normalized spacial score (nSPS) is 18.1. The average Bonchev–Trinajstić information content (AvgIpc) is 2.42. The summed E-state index contributed by atoms with van der Waals surface area (Å²) in [5.41, 5.74) is 1.84. The van der Waals surface area contributed by atoms with Crippen LogP contribution in [0, 0.1) is 12.8 Å². The maximum absolute atomic E-state index is 12.2. The Morgan fingerprint density at radius 3 is 2.74 bits per heavy atom. The average molecular weight is 326 g/mol. The van der Waals surface area contributed by atoms with Crippen molar-refractivity contribution in [3.63, 3.8) is 0 Å². The highest BCUT2D eigenvalue weighted by molar-refractivity contribution is 9.10. The molecule has 0 radical (unpaired) electrons. The molecule has 1 saturated heterocycles. The van der Waals surface area contributed by atoms with E-state index in [1.165, 1.54) is 0 Å². The molecule has 1 atom stereocenters. The van der Waals surface area contributed by atoms with Crippen LogP contribution >= 0.6 is 15.9 Å². The van der Waals surface area contributed by atoms with Crippen molar-refractivity contribution in [1.82, 2.24) is 5.32 Å². The van der Waals surface area contributed by atoms with Crippen molar-refractivity contribution in [2.75, 3.05) is 13.2 Å². The van der Waals surface area contributed by atoms with Crippen LogP contribution in [0.4, 0.5) is 0 Å². The van der Waals surface area contributed by atoms with Crippen molar-refractivity contribution in [3.8, 4) is 0 Å². The van der Waals surface area contributed by atoms with Gasteiger partial charge in [-0.2, -0.15) is 0 Å². The standard InChI is InChI=1S/C15H20BrNO2/c1-10-3-4-13(9-14(10)16)15(18)17-11(2)12-5-7-19-8-6-12/h3-4,9,11-12H,5-8H2,1-2H3,(H,17,18). The summed E-state index contributed by atoms with van der Waals surface area (Å²) in [5.74, 6) is 0.520. The molecule has 1 N–H and O–H groups in total. The second-order valence-electron chi connectivity index (χ2n) is 5.18. The van der Waals surface area contributed by atoms with Crippen LogP contribution in [-0.4, -0.2) is 25.2 Å². The molecule has 104 valence electrons. The van der Waals surface area contributed by atoms with Gasteiger partial charge in [-0.05, 0) is 50.3 Å². The minimum Gasteiger partial charge on any atom is -0.381 e. The SMILES string of the molecule is Cc1ccc(C(=O)NC(C)C2CCOCC2)cc1Br. The first kappa shape index (κ1) is 14.5. The van der Waals surface area contributed by atoms with Crippen LogP contribution in [0.1, 0.15) is 35.7 Å². The van der Waals surface area contributed by atoms with Crippen LogP contribution in [-0.2, 0) is 4.74 Å². The van der Waals surface area contributed by atoms with E-state index in [4.69, 9.17) is 4.74 Å². The second-order valence-corrected chi connectivity index (χ2v) is 6.03. The smallest absolute Gasteiger partial charge is 0.251 e. The van der Waals surface area contributed by atoms with Gasteiger partial charge in [0.15, 0.2) is 0 Å². The molecule has 0 aliphatic carbocycles. The van der Waals surface area contributed by atoms with Crippen LogP contribution < -0.4 is 5.32 Å². The molecule has 0 bridgehead atoms. The van der Waals surface area contributed by atoms with E-state index < -0.39 is 0 Å². The highest BCUT2D eigenvalue weighted by Gasteiger charge is 2.22. The van der Waals surface area contributed by atoms with Crippen LogP contribution in [0.15, 0.2) is 22.7 Å². The van der Waals surface area contributed by atoms with Gasteiger partial charge in [-0.3, -0.25) is 4.79 Å². The van der Waals surface area contributed by atoms with Gasteiger partial charge < -0.3 is 10.1 Å². The van der Waals surface area contributed by atoms with Crippen LogP contribution in [0.5, 0.6) is 0 Å². The van der Waals surface area contributed by atoms with Gasteiger partial charge in [0, 0.05) is 29.3 Å². The fourth-order valence-corrected chi connectivity index (χ4v) is 2.74. The predicted octanol–water partition coefficient (Wildman–Crippen LogP) is 3.30. The number of amides is 1. The third-order valence-electron chi connectivity index (χ3n) is 3.77. The minimum absolute atomic E-state index is 0.000285. The number of ether oxygens (including phenoxy) is 1. The molecule has 1 aliphatic rings. The molecule has 3 nitrogen and oxygen atoms in total. The van der Waals surface area contributed by atoms with E-state index >= 15 is 0 Å². The van der Waals surface area contributed by atoms with Crippen molar-refractivity contribution in [2.45, 2.75) is 32.7 Å². The fraction of sp³-hybridized carbons (Fsp3) is 0.533. The Kier molecular flexibility index (Phi) is 4.99. The molecular weight excluding hydrogens is 306 g/mol. The largest absolute Gasteiger partial charge is 0.381 e. The summed E-state index contributed by atoms with van der Waals surface area (Å²) in [4.78, 5) is 12.2. The van der Waals surface area contributed by atoms with Crippen molar-refractivity contribution in [1.29, 1.82) is 0 Å². The molecule has 1 aromatic rings. The number of benzene rings is 1. The van der Waals surface area contributed by atoms with E-state index in [-0.39, 0.29) is 11.9 Å². The maximum Gasteiger partial charge on any atom is 0.251 e. The van der Waals surface area contributed by atoms with Gasteiger partial charge in [0.2, 0.25) is 0 Å². The van der Waals surface area contributed by atoms with Gasteiger partial charge in [0.05, 0.1) is 0 Å². The van der Waals surface area contributed by atoms with Gasteiger partial charge in [0.25, 0.3) is 5.91 Å². The van der Waals surface area contributed by atoms with Gasteiger partial charge in [0.1, 0.15) is 0 Å². The Morgan fingerprint density at radius 1 is 1.42 bits per heavy atom. The summed E-state index contributed by atoms with van der Waals surface area (Å²) in [6.45, 7) is 5.70. The van der Waals surface area contributed by atoms with Crippen molar-refractivity contribution in [3.05, 3.63) is 33.8 Å². The van der Waals surface area contributed by atoms with E-state index in [2.05, 4.69) is 28.2 Å². The zero-order valence-corrected chi connectivity index (χ0v) is 13.0. The summed E-state index contributed by atoms with van der Waals surface area (Å²) < 4.78 is 6.32. The van der Waals surface area contributed by atoms with Gasteiger partial charge in [-0.25, -0.2) is 0 Å². The van der Waals surface area contributed by atoms with Gasteiger partial charge in [-0.15, -0.1) is 0 Å².